The lowest BCUT2D eigenvalue weighted by atomic mass is 10.1. The Hall–Kier alpha value is -2.17. The van der Waals surface area contributed by atoms with Crippen molar-refractivity contribution in [2.75, 3.05) is 12.5 Å². The molecule has 0 amide bonds. The highest BCUT2D eigenvalue weighted by atomic mass is 16.7. The monoisotopic (exact) mass is 273 g/mol. The maximum absolute atomic E-state index is 6.01. The molecule has 1 aliphatic rings. The lowest BCUT2D eigenvalue weighted by Gasteiger charge is -2.14. The molecule has 0 saturated carbocycles. The van der Waals surface area contributed by atoms with Crippen LogP contribution in [-0.4, -0.2) is 16.6 Å². The van der Waals surface area contributed by atoms with Crippen molar-refractivity contribution in [3.05, 3.63) is 35.5 Å². The van der Waals surface area contributed by atoms with Crippen LogP contribution in [-0.2, 0) is 6.42 Å². The number of benzene rings is 1. The minimum absolute atomic E-state index is 0.272. The fourth-order valence-corrected chi connectivity index (χ4v) is 2.40. The van der Waals surface area contributed by atoms with Crippen LogP contribution >= 0.6 is 0 Å². The van der Waals surface area contributed by atoms with Gasteiger partial charge in [0.2, 0.25) is 6.79 Å². The molecule has 20 heavy (non-hydrogen) atoms. The quantitative estimate of drug-likeness (QED) is 0.930. The van der Waals surface area contributed by atoms with Crippen LogP contribution < -0.4 is 15.2 Å². The van der Waals surface area contributed by atoms with Gasteiger partial charge < -0.3 is 15.2 Å². The number of nitrogens with zero attached hydrogens (tertiary/aromatic N) is 2. The fraction of sp³-hybridized carbons (Fsp3) is 0.400. The molecule has 5 heteroatoms. The second kappa shape index (κ2) is 5.07. The number of anilines is 1. The minimum Gasteiger partial charge on any atom is -0.454 e. The number of rotatable bonds is 4. The number of nitrogen functional groups attached to an aromatic ring is 1. The number of nitrogens with two attached hydrogens (primary N) is 1. The molecule has 106 valence electrons. The molecule has 0 spiro atoms. The maximum Gasteiger partial charge on any atom is 0.231 e. The molecule has 1 aromatic carbocycles. The average Bonchev–Trinajstić information content (AvgIpc) is 3.03. The van der Waals surface area contributed by atoms with Crippen LogP contribution in [0.5, 0.6) is 11.5 Å². The van der Waals surface area contributed by atoms with E-state index in [1.165, 1.54) is 5.56 Å². The molecule has 3 rings (SSSR count). The Morgan fingerprint density at radius 1 is 1.35 bits per heavy atom. The molecule has 5 nitrogen and oxygen atoms in total. The van der Waals surface area contributed by atoms with Crippen LogP contribution in [0.3, 0.4) is 0 Å². The van der Waals surface area contributed by atoms with Gasteiger partial charge in [0.1, 0.15) is 5.82 Å². The average molecular weight is 273 g/mol. The van der Waals surface area contributed by atoms with E-state index in [-0.39, 0.29) is 6.04 Å². The Morgan fingerprint density at radius 3 is 2.90 bits per heavy atom. The van der Waals surface area contributed by atoms with Gasteiger partial charge in [0.05, 0.1) is 12.2 Å². The first-order valence-electron chi connectivity index (χ1n) is 6.83. The van der Waals surface area contributed by atoms with Gasteiger partial charge in [-0.25, -0.2) is 4.68 Å². The van der Waals surface area contributed by atoms with Gasteiger partial charge in [-0.05, 0) is 44.4 Å². The first-order chi connectivity index (χ1) is 9.65. The van der Waals surface area contributed by atoms with Gasteiger partial charge in [0, 0.05) is 5.56 Å². The van der Waals surface area contributed by atoms with E-state index in [0.717, 1.165) is 35.7 Å². The molecule has 1 unspecified atom stereocenters. The Kier molecular flexibility index (Phi) is 3.26. The predicted octanol–water partition coefficient (Wildman–Crippen LogP) is 2.70. The van der Waals surface area contributed by atoms with Crippen LogP contribution in [0.4, 0.5) is 5.82 Å². The van der Waals surface area contributed by atoms with E-state index in [1.807, 2.05) is 29.9 Å². The predicted molar refractivity (Wildman–Crippen MR) is 77.0 cm³/mol. The third-order valence-corrected chi connectivity index (χ3v) is 3.73. The van der Waals surface area contributed by atoms with Crippen molar-refractivity contribution in [1.82, 2.24) is 9.78 Å². The summed E-state index contributed by atoms with van der Waals surface area (Å²) in [6, 6.07) is 6.37. The highest BCUT2D eigenvalue weighted by molar-refractivity contribution is 5.44. The normalized spacial score (nSPS) is 14.5. The lowest BCUT2D eigenvalue weighted by Crippen LogP contribution is -2.11. The van der Waals surface area contributed by atoms with Crippen molar-refractivity contribution >= 4 is 5.82 Å². The van der Waals surface area contributed by atoms with Crippen LogP contribution in [0.2, 0.25) is 0 Å². The molecule has 1 aromatic heterocycles. The van der Waals surface area contributed by atoms with Gasteiger partial charge in [-0.1, -0.05) is 6.07 Å². The summed E-state index contributed by atoms with van der Waals surface area (Å²) in [6.45, 7) is 4.43. The van der Waals surface area contributed by atoms with E-state index in [9.17, 15) is 0 Å². The summed E-state index contributed by atoms with van der Waals surface area (Å²) >= 11 is 0. The summed E-state index contributed by atoms with van der Waals surface area (Å²) in [4.78, 5) is 0. The number of hydrogen-bond donors (Lipinski definition) is 1. The standard InChI is InChI=1S/C15H19N3O2/c1-10-8-17-18(15(10)16)11(2)3-4-12-5-6-13-14(7-12)20-9-19-13/h5-8,11H,3-4,9,16H2,1-2H3. The molecule has 0 aliphatic carbocycles. The van der Waals surface area contributed by atoms with Gasteiger partial charge in [-0.2, -0.15) is 5.10 Å². The zero-order chi connectivity index (χ0) is 14.1. The van der Waals surface area contributed by atoms with E-state index in [2.05, 4.69) is 18.1 Å². The van der Waals surface area contributed by atoms with Crippen molar-refractivity contribution in [2.45, 2.75) is 32.7 Å². The fourth-order valence-electron chi connectivity index (χ4n) is 2.40. The largest absolute Gasteiger partial charge is 0.454 e. The number of ether oxygens (including phenoxy) is 2. The SMILES string of the molecule is Cc1cnn(C(C)CCc2ccc3c(c2)OCO3)c1N. The van der Waals surface area contributed by atoms with Crippen LogP contribution in [0.15, 0.2) is 24.4 Å². The van der Waals surface area contributed by atoms with Crippen molar-refractivity contribution in [3.8, 4) is 11.5 Å². The zero-order valence-corrected chi connectivity index (χ0v) is 11.8. The molecule has 0 radical (unpaired) electrons. The summed E-state index contributed by atoms with van der Waals surface area (Å²) < 4.78 is 12.6. The minimum atomic E-state index is 0.272. The van der Waals surface area contributed by atoms with Gasteiger partial charge >= 0.3 is 0 Å². The van der Waals surface area contributed by atoms with Crippen LogP contribution in [0.1, 0.15) is 30.5 Å². The molecule has 2 aromatic rings. The van der Waals surface area contributed by atoms with Crippen molar-refractivity contribution in [2.24, 2.45) is 0 Å². The number of aryl methyl sites for hydroxylation is 2. The van der Waals surface area contributed by atoms with Crippen molar-refractivity contribution in [3.63, 3.8) is 0 Å². The summed E-state index contributed by atoms with van der Waals surface area (Å²) in [5.74, 6) is 2.42. The number of hydrogen-bond acceptors (Lipinski definition) is 4. The van der Waals surface area contributed by atoms with Gasteiger partial charge in [-0.15, -0.1) is 0 Å². The summed E-state index contributed by atoms with van der Waals surface area (Å²) in [6.07, 6.45) is 3.74. The third-order valence-electron chi connectivity index (χ3n) is 3.73. The smallest absolute Gasteiger partial charge is 0.231 e. The van der Waals surface area contributed by atoms with E-state index in [4.69, 9.17) is 15.2 Å². The van der Waals surface area contributed by atoms with E-state index in [1.54, 1.807) is 0 Å². The van der Waals surface area contributed by atoms with E-state index < -0.39 is 0 Å². The number of aromatic nitrogens is 2. The first kappa shape index (κ1) is 12.8. The molecule has 1 aliphatic heterocycles. The second-order valence-electron chi connectivity index (χ2n) is 5.23. The Morgan fingerprint density at radius 2 is 2.15 bits per heavy atom. The van der Waals surface area contributed by atoms with Crippen molar-refractivity contribution in [1.29, 1.82) is 0 Å². The Labute approximate surface area is 118 Å². The Bertz CT molecular complexity index is 622. The summed E-state index contributed by atoms with van der Waals surface area (Å²) in [7, 11) is 0. The van der Waals surface area contributed by atoms with Crippen molar-refractivity contribution < 1.29 is 9.47 Å². The molecule has 0 bridgehead atoms. The molecule has 2 heterocycles. The summed E-state index contributed by atoms with van der Waals surface area (Å²) in [5.41, 5.74) is 8.28. The van der Waals surface area contributed by atoms with Gasteiger partial charge in [0.15, 0.2) is 11.5 Å². The number of fused-ring (bicyclic) bond motifs is 1. The van der Waals surface area contributed by atoms with E-state index in [0.29, 0.717) is 6.79 Å². The second-order valence-corrected chi connectivity index (χ2v) is 5.23. The van der Waals surface area contributed by atoms with Gasteiger partial charge in [-0.3, -0.25) is 0 Å². The zero-order valence-electron chi connectivity index (χ0n) is 11.8. The van der Waals surface area contributed by atoms with E-state index >= 15 is 0 Å². The highest BCUT2D eigenvalue weighted by Gasteiger charge is 2.15. The van der Waals surface area contributed by atoms with Crippen LogP contribution in [0, 0.1) is 6.92 Å². The molecular formula is C15H19N3O2. The highest BCUT2D eigenvalue weighted by Crippen LogP contribution is 2.33. The molecular weight excluding hydrogens is 254 g/mol. The molecule has 2 N–H and O–H groups in total. The topological polar surface area (TPSA) is 62.3 Å². The third kappa shape index (κ3) is 2.31. The van der Waals surface area contributed by atoms with Gasteiger partial charge in [0.25, 0.3) is 0 Å². The maximum atomic E-state index is 6.01. The lowest BCUT2D eigenvalue weighted by molar-refractivity contribution is 0.174. The molecule has 1 atom stereocenters. The summed E-state index contributed by atoms with van der Waals surface area (Å²) in [5, 5.41) is 4.33. The Balaban J connectivity index is 1.66. The molecule has 0 saturated heterocycles. The van der Waals surface area contributed by atoms with Crippen LogP contribution in [0.25, 0.3) is 0 Å². The first-order valence-corrected chi connectivity index (χ1v) is 6.83. The molecule has 0 fully saturated rings.